The SMILES string of the molecule is CCCN1CCN(c2cccc(Nc3nccc(-n4cc(C(N)=O)c5ccccc54)n3)c2)CC1. The number of rotatable bonds is 7. The summed E-state index contributed by atoms with van der Waals surface area (Å²) in [5.74, 6) is 0.680. The van der Waals surface area contributed by atoms with Crippen molar-refractivity contribution in [2.24, 2.45) is 5.73 Å². The van der Waals surface area contributed by atoms with E-state index in [1.165, 1.54) is 18.7 Å². The van der Waals surface area contributed by atoms with Crippen LogP contribution in [0.5, 0.6) is 0 Å². The van der Waals surface area contributed by atoms with Crippen LogP contribution >= 0.6 is 0 Å². The van der Waals surface area contributed by atoms with E-state index < -0.39 is 5.91 Å². The third kappa shape index (κ3) is 4.45. The summed E-state index contributed by atoms with van der Waals surface area (Å²) in [5, 5.41) is 4.14. The maximum atomic E-state index is 11.9. The molecule has 8 nitrogen and oxygen atoms in total. The van der Waals surface area contributed by atoms with Gasteiger partial charge in [0.05, 0.1) is 11.1 Å². The van der Waals surface area contributed by atoms with Crippen molar-refractivity contribution in [2.45, 2.75) is 13.3 Å². The Balaban J connectivity index is 1.37. The van der Waals surface area contributed by atoms with Crippen molar-refractivity contribution in [1.82, 2.24) is 19.4 Å². The Bertz CT molecular complexity index is 1310. The number of amides is 1. The lowest BCUT2D eigenvalue weighted by Crippen LogP contribution is -2.46. The summed E-state index contributed by atoms with van der Waals surface area (Å²) < 4.78 is 1.87. The second kappa shape index (κ2) is 9.52. The highest BCUT2D eigenvalue weighted by Gasteiger charge is 2.17. The molecule has 2 aromatic heterocycles. The van der Waals surface area contributed by atoms with Crippen molar-refractivity contribution in [3.63, 3.8) is 0 Å². The number of benzene rings is 2. The topological polar surface area (TPSA) is 92.3 Å². The van der Waals surface area contributed by atoms with Gasteiger partial charge in [0, 0.05) is 55.3 Å². The molecule has 3 heterocycles. The number of aromatic nitrogens is 3. The Morgan fingerprint density at radius 2 is 1.88 bits per heavy atom. The molecule has 1 aliphatic rings. The number of anilines is 3. The van der Waals surface area contributed by atoms with Gasteiger partial charge in [-0.05, 0) is 43.3 Å². The third-order valence-corrected chi connectivity index (χ3v) is 6.24. The van der Waals surface area contributed by atoms with E-state index >= 15 is 0 Å². The number of hydrogen-bond acceptors (Lipinski definition) is 6. The van der Waals surface area contributed by atoms with Crippen molar-refractivity contribution in [1.29, 1.82) is 0 Å². The van der Waals surface area contributed by atoms with Crippen LogP contribution in [0.1, 0.15) is 23.7 Å². The summed E-state index contributed by atoms with van der Waals surface area (Å²) in [6.45, 7) is 7.63. The molecule has 0 spiro atoms. The Kier molecular flexibility index (Phi) is 6.14. The molecule has 8 heteroatoms. The fourth-order valence-corrected chi connectivity index (χ4v) is 4.56. The molecule has 2 aromatic carbocycles. The molecule has 0 radical (unpaired) electrons. The summed E-state index contributed by atoms with van der Waals surface area (Å²) in [6.07, 6.45) is 4.64. The first-order valence-corrected chi connectivity index (χ1v) is 11.7. The van der Waals surface area contributed by atoms with Crippen LogP contribution in [0.4, 0.5) is 17.3 Å². The van der Waals surface area contributed by atoms with Gasteiger partial charge in [0.1, 0.15) is 5.82 Å². The molecule has 174 valence electrons. The van der Waals surface area contributed by atoms with Crippen LogP contribution in [-0.2, 0) is 0 Å². The number of nitrogens with one attached hydrogen (secondary N) is 1. The van der Waals surface area contributed by atoms with E-state index in [9.17, 15) is 4.79 Å². The molecular weight excluding hydrogens is 426 g/mol. The number of primary amides is 1. The molecule has 1 fully saturated rings. The molecule has 0 aliphatic carbocycles. The van der Waals surface area contributed by atoms with E-state index in [0.717, 1.165) is 42.8 Å². The first-order chi connectivity index (χ1) is 16.6. The summed E-state index contributed by atoms with van der Waals surface area (Å²) in [7, 11) is 0. The van der Waals surface area contributed by atoms with Crippen LogP contribution in [-0.4, -0.2) is 58.1 Å². The zero-order valence-electron chi connectivity index (χ0n) is 19.3. The molecular formula is C26H29N7O. The van der Waals surface area contributed by atoms with Crippen molar-refractivity contribution < 1.29 is 4.79 Å². The number of nitrogens with zero attached hydrogens (tertiary/aromatic N) is 5. The number of carbonyl (C=O) groups is 1. The minimum atomic E-state index is -0.463. The second-order valence-corrected chi connectivity index (χ2v) is 8.54. The summed E-state index contributed by atoms with van der Waals surface area (Å²) >= 11 is 0. The lowest BCUT2D eigenvalue weighted by atomic mass is 10.2. The average molecular weight is 456 g/mol. The van der Waals surface area contributed by atoms with Crippen LogP contribution in [0.15, 0.2) is 67.0 Å². The monoisotopic (exact) mass is 455 g/mol. The van der Waals surface area contributed by atoms with Crippen LogP contribution in [0.3, 0.4) is 0 Å². The van der Waals surface area contributed by atoms with Gasteiger partial charge in [0.25, 0.3) is 5.91 Å². The molecule has 1 aliphatic heterocycles. The van der Waals surface area contributed by atoms with E-state index in [4.69, 9.17) is 10.7 Å². The number of hydrogen-bond donors (Lipinski definition) is 2. The predicted octanol–water partition coefficient (Wildman–Crippen LogP) is 3.80. The molecule has 0 unspecified atom stereocenters. The van der Waals surface area contributed by atoms with Crippen LogP contribution < -0.4 is 16.0 Å². The number of nitrogens with two attached hydrogens (primary N) is 1. The molecule has 0 bridgehead atoms. The zero-order chi connectivity index (χ0) is 23.5. The molecule has 3 N–H and O–H groups in total. The fourth-order valence-electron chi connectivity index (χ4n) is 4.56. The van der Waals surface area contributed by atoms with Crippen molar-refractivity contribution in [2.75, 3.05) is 42.9 Å². The summed E-state index contributed by atoms with van der Waals surface area (Å²) in [4.78, 5) is 26.0. The molecule has 0 atom stereocenters. The van der Waals surface area contributed by atoms with Gasteiger partial charge < -0.3 is 20.5 Å². The third-order valence-electron chi connectivity index (χ3n) is 6.24. The summed E-state index contributed by atoms with van der Waals surface area (Å²) in [5.41, 5.74) is 9.06. The maximum absolute atomic E-state index is 11.9. The molecule has 34 heavy (non-hydrogen) atoms. The van der Waals surface area contributed by atoms with Gasteiger partial charge in [0.15, 0.2) is 0 Å². The maximum Gasteiger partial charge on any atom is 0.250 e. The van der Waals surface area contributed by atoms with Gasteiger partial charge >= 0.3 is 0 Å². The van der Waals surface area contributed by atoms with Crippen LogP contribution in [0.25, 0.3) is 16.7 Å². The molecule has 0 saturated carbocycles. The van der Waals surface area contributed by atoms with Crippen LogP contribution in [0.2, 0.25) is 0 Å². The smallest absolute Gasteiger partial charge is 0.250 e. The lowest BCUT2D eigenvalue weighted by molar-refractivity contribution is 0.100. The quantitative estimate of drug-likeness (QED) is 0.440. The first kappa shape index (κ1) is 21.9. The highest BCUT2D eigenvalue weighted by Crippen LogP contribution is 2.26. The molecule has 5 rings (SSSR count). The molecule has 1 saturated heterocycles. The number of piperazine rings is 1. The predicted molar refractivity (Wildman–Crippen MR) is 136 cm³/mol. The van der Waals surface area contributed by atoms with Gasteiger partial charge in [-0.15, -0.1) is 0 Å². The van der Waals surface area contributed by atoms with E-state index in [1.807, 2.05) is 41.0 Å². The molecule has 4 aromatic rings. The Labute approximate surface area is 199 Å². The normalized spacial score (nSPS) is 14.4. The number of carbonyl (C=O) groups excluding carboxylic acids is 1. The highest BCUT2D eigenvalue weighted by molar-refractivity contribution is 6.06. The summed E-state index contributed by atoms with van der Waals surface area (Å²) in [6, 6.07) is 17.8. The van der Waals surface area contributed by atoms with Gasteiger partial charge in [-0.25, -0.2) is 4.98 Å². The van der Waals surface area contributed by atoms with Crippen LogP contribution in [0, 0.1) is 0 Å². The Morgan fingerprint density at radius 3 is 2.68 bits per heavy atom. The second-order valence-electron chi connectivity index (χ2n) is 8.54. The van der Waals surface area contributed by atoms with Gasteiger partial charge in [-0.1, -0.05) is 31.2 Å². The van der Waals surface area contributed by atoms with E-state index in [2.05, 4.69) is 45.2 Å². The minimum Gasteiger partial charge on any atom is -0.369 e. The van der Waals surface area contributed by atoms with Crippen molar-refractivity contribution in [3.05, 3.63) is 72.6 Å². The van der Waals surface area contributed by atoms with Crippen molar-refractivity contribution >= 4 is 34.1 Å². The van der Waals surface area contributed by atoms with Gasteiger partial charge in [0.2, 0.25) is 5.95 Å². The first-order valence-electron chi connectivity index (χ1n) is 11.7. The molecule has 1 amide bonds. The van der Waals surface area contributed by atoms with E-state index in [0.29, 0.717) is 17.3 Å². The number of fused-ring (bicyclic) bond motifs is 1. The minimum absolute atomic E-state index is 0.463. The lowest BCUT2D eigenvalue weighted by Gasteiger charge is -2.36. The Morgan fingerprint density at radius 1 is 1.06 bits per heavy atom. The number of para-hydroxylation sites is 1. The average Bonchev–Trinajstić information content (AvgIpc) is 3.25. The van der Waals surface area contributed by atoms with E-state index in [1.54, 1.807) is 12.4 Å². The highest BCUT2D eigenvalue weighted by atomic mass is 16.1. The van der Waals surface area contributed by atoms with E-state index in [-0.39, 0.29) is 0 Å². The van der Waals surface area contributed by atoms with Gasteiger partial charge in [-0.2, -0.15) is 4.98 Å². The van der Waals surface area contributed by atoms with Gasteiger partial charge in [-0.3, -0.25) is 9.69 Å². The fraction of sp³-hybridized carbons (Fsp3) is 0.269. The largest absolute Gasteiger partial charge is 0.369 e. The Hall–Kier alpha value is -3.91. The zero-order valence-corrected chi connectivity index (χ0v) is 19.3. The standard InChI is InChI=1S/C26H29N7O/c1-2-12-31-13-15-32(16-14-31)20-7-5-6-19(17-20)29-26-28-11-10-24(30-26)33-18-22(25(27)34)21-8-3-4-9-23(21)33/h3-11,17-18H,2,12-16H2,1H3,(H2,27,34)(H,28,29,30). The van der Waals surface area contributed by atoms with Crippen molar-refractivity contribution in [3.8, 4) is 5.82 Å².